The van der Waals surface area contributed by atoms with Crippen LogP contribution in [0.15, 0.2) is 24.3 Å². The molecule has 2 saturated heterocycles. The van der Waals surface area contributed by atoms with Gasteiger partial charge in [-0.25, -0.2) is 5.01 Å². The fourth-order valence-corrected chi connectivity index (χ4v) is 3.08. The molecule has 1 amide bonds. The van der Waals surface area contributed by atoms with E-state index in [1.54, 1.807) is 6.07 Å². The molecule has 0 saturated carbocycles. The Morgan fingerprint density at radius 1 is 1.40 bits per heavy atom. The predicted octanol–water partition coefficient (Wildman–Crippen LogP) is 2.72. The number of amides is 1. The Balaban J connectivity index is 0.00000147. The van der Waals surface area contributed by atoms with Gasteiger partial charge in [0.1, 0.15) is 0 Å². The van der Waals surface area contributed by atoms with E-state index in [1.807, 2.05) is 37.1 Å². The van der Waals surface area contributed by atoms with Gasteiger partial charge in [0.15, 0.2) is 0 Å². The second-order valence-electron chi connectivity index (χ2n) is 5.96. The summed E-state index contributed by atoms with van der Waals surface area (Å²) < 4.78 is 0. The third kappa shape index (κ3) is 2.08. The van der Waals surface area contributed by atoms with E-state index in [2.05, 4.69) is 11.1 Å². The lowest BCUT2D eigenvalue weighted by molar-refractivity contribution is -0.142. The summed E-state index contributed by atoms with van der Waals surface area (Å²) in [6, 6.07) is 9.84. The van der Waals surface area contributed by atoms with Gasteiger partial charge in [-0.15, -0.1) is 0 Å². The average molecular weight is 271 g/mol. The summed E-state index contributed by atoms with van der Waals surface area (Å²) in [5.74, 6) is 0.192. The molecule has 0 radical (unpaired) electrons. The molecular formula is C16H21N3O. The third-order valence-corrected chi connectivity index (χ3v) is 4.03. The average Bonchev–Trinajstić information content (AvgIpc) is 2.89. The highest BCUT2D eigenvalue weighted by molar-refractivity contribution is 5.84. The largest absolute Gasteiger partial charge is 0.273 e. The molecular weight excluding hydrogens is 250 g/mol. The molecule has 2 aliphatic rings. The monoisotopic (exact) mass is 271 g/mol. The van der Waals surface area contributed by atoms with Gasteiger partial charge in [-0.3, -0.25) is 9.80 Å². The molecule has 1 atom stereocenters. The van der Waals surface area contributed by atoms with Crippen molar-refractivity contribution in [3.8, 4) is 6.07 Å². The van der Waals surface area contributed by atoms with E-state index < -0.39 is 0 Å². The molecule has 2 fully saturated rings. The summed E-state index contributed by atoms with van der Waals surface area (Å²) >= 11 is 0. The maximum Gasteiger partial charge on any atom is 0.244 e. The van der Waals surface area contributed by atoms with Crippen molar-refractivity contribution >= 4 is 5.91 Å². The van der Waals surface area contributed by atoms with Crippen molar-refractivity contribution in [1.82, 2.24) is 10.0 Å². The maximum atomic E-state index is 12.5. The first kappa shape index (κ1) is 14.5. The molecule has 0 aromatic heterocycles. The van der Waals surface area contributed by atoms with Crippen molar-refractivity contribution in [2.24, 2.45) is 5.41 Å². The molecule has 0 N–H and O–H groups in total. The summed E-state index contributed by atoms with van der Waals surface area (Å²) in [6.07, 6.45) is 0.941. The molecule has 0 spiro atoms. The summed E-state index contributed by atoms with van der Waals surface area (Å²) in [6.45, 7) is 5.70. The topological polar surface area (TPSA) is 47.3 Å². The Labute approximate surface area is 120 Å². The van der Waals surface area contributed by atoms with E-state index in [-0.39, 0.29) is 24.8 Å². The summed E-state index contributed by atoms with van der Waals surface area (Å²) in [7, 11) is 0. The van der Waals surface area contributed by atoms with Gasteiger partial charge in [-0.05, 0) is 38.0 Å². The van der Waals surface area contributed by atoms with Crippen molar-refractivity contribution in [2.45, 2.75) is 33.7 Å². The van der Waals surface area contributed by atoms with Crippen molar-refractivity contribution in [3.05, 3.63) is 35.4 Å². The number of rotatable bonds is 1. The Morgan fingerprint density at radius 3 is 2.85 bits per heavy atom. The van der Waals surface area contributed by atoms with Crippen LogP contribution in [0.5, 0.6) is 0 Å². The van der Waals surface area contributed by atoms with Crippen molar-refractivity contribution < 1.29 is 4.79 Å². The SMILES string of the molecule is C.CC1(C)CN2CCC(c3cccc(C#N)c3)N2C1=O. The van der Waals surface area contributed by atoms with Crippen molar-refractivity contribution in [1.29, 1.82) is 5.26 Å². The predicted molar refractivity (Wildman–Crippen MR) is 77.4 cm³/mol. The van der Waals surface area contributed by atoms with E-state index in [4.69, 9.17) is 5.26 Å². The minimum Gasteiger partial charge on any atom is -0.273 e. The standard InChI is InChI=1S/C15H17N3O.CH4/c1-15(2)10-17-7-6-13(18(17)14(15)19)12-5-3-4-11(8-12)9-16;/h3-5,8,13H,6-7,10H2,1-2H3;1H4. The van der Waals surface area contributed by atoms with Crippen LogP contribution in [0.2, 0.25) is 0 Å². The van der Waals surface area contributed by atoms with Crippen LogP contribution in [-0.4, -0.2) is 29.0 Å². The number of carbonyl (C=O) groups excluding carboxylic acids is 1. The Hall–Kier alpha value is -1.86. The number of fused-ring (bicyclic) bond motifs is 1. The summed E-state index contributed by atoms with van der Waals surface area (Å²) in [5.41, 5.74) is 1.42. The van der Waals surface area contributed by atoms with E-state index in [0.717, 1.165) is 25.1 Å². The van der Waals surface area contributed by atoms with Gasteiger partial charge in [0.2, 0.25) is 5.91 Å². The zero-order valence-electron chi connectivity index (χ0n) is 11.3. The summed E-state index contributed by atoms with van der Waals surface area (Å²) in [4.78, 5) is 12.5. The lowest BCUT2D eigenvalue weighted by atomic mass is 9.92. The molecule has 0 bridgehead atoms. The first-order chi connectivity index (χ1) is 9.03. The zero-order valence-corrected chi connectivity index (χ0v) is 11.3. The molecule has 20 heavy (non-hydrogen) atoms. The highest BCUT2D eigenvalue weighted by atomic mass is 16.2. The number of benzene rings is 1. The Bertz CT molecular complexity index is 573. The van der Waals surface area contributed by atoms with Gasteiger partial charge in [0.05, 0.1) is 23.1 Å². The van der Waals surface area contributed by atoms with Crippen LogP contribution in [-0.2, 0) is 4.79 Å². The van der Waals surface area contributed by atoms with E-state index in [9.17, 15) is 4.79 Å². The number of nitriles is 1. The van der Waals surface area contributed by atoms with Crippen molar-refractivity contribution in [2.75, 3.05) is 13.1 Å². The molecule has 1 aromatic carbocycles. The van der Waals surface area contributed by atoms with Gasteiger partial charge in [0.25, 0.3) is 0 Å². The molecule has 4 nitrogen and oxygen atoms in total. The molecule has 1 unspecified atom stereocenters. The van der Waals surface area contributed by atoms with Crippen LogP contribution in [0.1, 0.15) is 44.9 Å². The van der Waals surface area contributed by atoms with E-state index in [1.165, 1.54) is 0 Å². The first-order valence-corrected chi connectivity index (χ1v) is 6.61. The number of carbonyl (C=O) groups is 1. The molecule has 1 aromatic rings. The van der Waals surface area contributed by atoms with Crippen LogP contribution >= 0.6 is 0 Å². The minimum absolute atomic E-state index is 0. The summed E-state index contributed by atoms with van der Waals surface area (Å²) in [5, 5.41) is 13.0. The third-order valence-electron chi connectivity index (χ3n) is 4.03. The van der Waals surface area contributed by atoms with Gasteiger partial charge < -0.3 is 0 Å². The second-order valence-corrected chi connectivity index (χ2v) is 5.96. The van der Waals surface area contributed by atoms with Crippen LogP contribution in [0.3, 0.4) is 0 Å². The second kappa shape index (κ2) is 4.92. The fourth-order valence-electron chi connectivity index (χ4n) is 3.08. The molecule has 2 aliphatic heterocycles. The zero-order chi connectivity index (χ0) is 13.6. The number of hydrogen-bond donors (Lipinski definition) is 0. The Morgan fingerprint density at radius 2 is 2.15 bits per heavy atom. The molecule has 2 heterocycles. The normalized spacial score (nSPS) is 24.1. The molecule has 4 heteroatoms. The van der Waals surface area contributed by atoms with Crippen molar-refractivity contribution in [3.63, 3.8) is 0 Å². The number of hydrogen-bond acceptors (Lipinski definition) is 3. The highest BCUT2D eigenvalue weighted by Gasteiger charge is 2.50. The quantitative estimate of drug-likeness (QED) is 0.789. The van der Waals surface area contributed by atoms with Gasteiger partial charge >= 0.3 is 0 Å². The van der Waals surface area contributed by atoms with Crippen LogP contribution in [0.25, 0.3) is 0 Å². The maximum absolute atomic E-state index is 12.5. The van der Waals surface area contributed by atoms with E-state index in [0.29, 0.717) is 5.56 Å². The highest BCUT2D eigenvalue weighted by Crippen LogP contribution is 2.42. The van der Waals surface area contributed by atoms with Crippen LogP contribution in [0.4, 0.5) is 0 Å². The van der Waals surface area contributed by atoms with Gasteiger partial charge in [-0.2, -0.15) is 5.26 Å². The molecule has 3 rings (SSSR count). The minimum atomic E-state index is -0.300. The smallest absolute Gasteiger partial charge is 0.244 e. The molecule has 0 aliphatic carbocycles. The molecule has 106 valence electrons. The lowest BCUT2D eigenvalue weighted by Crippen LogP contribution is -2.35. The lowest BCUT2D eigenvalue weighted by Gasteiger charge is -2.26. The van der Waals surface area contributed by atoms with Gasteiger partial charge in [-0.1, -0.05) is 19.6 Å². The Kier molecular flexibility index (Phi) is 3.58. The number of nitrogens with zero attached hydrogens (tertiary/aromatic N) is 3. The van der Waals surface area contributed by atoms with Gasteiger partial charge in [0, 0.05) is 13.1 Å². The first-order valence-electron chi connectivity index (χ1n) is 6.61. The number of hydrazine groups is 1. The van der Waals surface area contributed by atoms with E-state index >= 15 is 0 Å². The van der Waals surface area contributed by atoms with Crippen LogP contribution in [0, 0.1) is 16.7 Å². The fraction of sp³-hybridized carbons (Fsp3) is 0.500. The van der Waals surface area contributed by atoms with Crippen LogP contribution < -0.4 is 0 Å².